The third kappa shape index (κ3) is 6.04. The Hall–Kier alpha value is -2.90. The number of hydrogen-bond donors (Lipinski definition) is 1. The molecule has 0 saturated heterocycles. The van der Waals surface area contributed by atoms with Gasteiger partial charge in [0.25, 0.3) is 0 Å². The maximum Gasteiger partial charge on any atom is 0.310 e. The molecule has 0 spiro atoms. The number of ether oxygens (including phenoxy) is 2. The van der Waals surface area contributed by atoms with Gasteiger partial charge in [-0.05, 0) is 23.8 Å². The van der Waals surface area contributed by atoms with Gasteiger partial charge < -0.3 is 14.8 Å². The van der Waals surface area contributed by atoms with Crippen LogP contribution in [0.4, 0.5) is 5.69 Å². The molecule has 1 amide bonds. The lowest BCUT2D eigenvalue weighted by molar-refractivity contribution is -0.144. The first-order valence-corrected chi connectivity index (χ1v) is 10.1. The molecule has 2 aromatic carbocycles. The zero-order valence-electron chi connectivity index (χ0n) is 15.7. The average molecular weight is 431 g/mol. The van der Waals surface area contributed by atoms with E-state index in [1.165, 1.54) is 11.3 Å². The van der Waals surface area contributed by atoms with Crippen LogP contribution in [0.2, 0.25) is 5.02 Å². The van der Waals surface area contributed by atoms with Crippen LogP contribution >= 0.6 is 22.9 Å². The molecule has 6 nitrogen and oxygen atoms in total. The first-order chi connectivity index (χ1) is 14.0. The number of esters is 1. The molecule has 0 bridgehead atoms. The van der Waals surface area contributed by atoms with Crippen LogP contribution in [0.25, 0.3) is 0 Å². The summed E-state index contributed by atoms with van der Waals surface area (Å²) in [5.41, 5.74) is 1.92. The molecular formula is C21H19ClN2O4S. The number of amides is 1. The fraction of sp³-hybridized carbons (Fsp3) is 0.190. The van der Waals surface area contributed by atoms with E-state index in [0.717, 1.165) is 0 Å². The van der Waals surface area contributed by atoms with Crippen molar-refractivity contribution in [2.75, 3.05) is 12.4 Å². The van der Waals surface area contributed by atoms with E-state index < -0.39 is 0 Å². The standard InChI is InChI=1S/C21H19ClN2O4S/c1-27-18-9-5-4-8-17(18)24-19(25)11-20-23-15(13-29-20)12-28-21(26)10-14-6-2-3-7-16(14)22/h2-9,13H,10-12H2,1H3,(H,24,25). The quantitative estimate of drug-likeness (QED) is 0.540. The van der Waals surface area contributed by atoms with Gasteiger partial charge in [-0.3, -0.25) is 9.59 Å². The number of benzene rings is 2. The van der Waals surface area contributed by atoms with Gasteiger partial charge in [0.1, 0.15) is 17.4 Å². The van der Waals surface area contributed by atoms with Crippen LogP contribution in [0.15, 0.2) is 53.9 Å². The monoisotopic (exact) mass is 430 g/mol. The number of hydrogen-bond acceptors (Lipinski definition) is 6. The van der Waals surface area contributed by atoms with Crippen molar-refractivity contribution in [3.63, 3.8) is 0 Å². The molecule has 0 aliphatic rings. The van der Waals surface area contributed by atoms with Crippen molar-refractivity contribution in [1.29, 1.82) is 0 Å². The summed E-state index contributed by atoms with van der Waals surface area (Å²) in [6.07, 6.45) is 0.217. The molecule has 0 saturated carbocycles. The molecule has 1 aromatic heterocycles. The summed E-state index contributed by atoms with van der Waals surface area (Å²) in [6, 6.07) is 14.3. The van der Waals surface area contributed by atoms with Crippen LogP contribution in [-0.2, 0) is 33.8 Å². The Labute approximate surface area is 177 Å². The highest BCUT2D eigenvalue weighted by Gasteiger charge is 2.13. The van der Waals surface area contributed by atoms with E-state index >= 15 is 0 Å². The molecule has 29 heavy (non-hydrogen) atoms. The van der Waals surface area contributed by atoms with Gasteiger partial charge >= 0.3 is 5.97 Å². The molecule has 0 aliphatic heterocycles. The third-order valence-electron chi connectivity index (χ3n) is 3.97. The predicted octanol–water partition coefficient (Wildman–Crippen LogP) is 4.27. The van der Waals surface area contributed by atoms with Crippen LogP contribution < -0.4 is 10.1 Å². The highest BCUT2D eigenvalue weighted by atomic mass is 35.5. The zero-order valence-corrected chi connectivity index (χ0v) is 17.3. The maximum atomic E-state index is 12.3. The van der Waals surface area contributed by atoms with Crippen LogP contribution in [0.3, 0.4) is 0 Å². The minimum atomic E-state index is -0.387. The second kappa shape index (κ2) is 10.0. The lowest BCUT2D eigenvalue weighted by Crippen LogP contribution is -2.15. The Bertz CT molecular complexity index is 1010. The fourth-order valence-corrected chi connectivity index (χ4v) is 3.56. The van der Waals surface area contributed by atoms with E-state index in [1.807, 2.05) is 18.2 Å². The van der Waals surface area contributed by atoms with Crippen molar-refractivity contribution in [1.82, 2.24) is 4.98 Å². The lowest BCUT2D eigenvalue weighted by atomic mass is 10.1. The van der Waals surface area contributed by atoms with Gasteiger partial charge in [0, 0.05) is 10.4 Å². The van der Waals surface area contributed by atoms with Crippen molar-refractivity contribution < 1.29 is 19.1 Å². The van der Waals surface area contributed by atoms with Gasteiger partial charge in [0.15, 0.2) is 0 Å². The molecule has 0 fully saturated rings. The zero-order chi connectivity index (χ0) is 20.6. The van der Waals surface area contributed by atoms with Crippen LogP contribution in [0.1, 0.15) is 16.3 Å². The van der Waals surface area contributed by atoms with Crippen molar-refractivity contribution in [2.45, 2.75) is 19.4 Å². The SMILES string of the molecule is COc1ccccc1NC(=O)Cc1nc(COC(=O)Cc2ccccc2Cl)cs1. The van der Waals surface area contributed by atoms with Crippen LogP contribution in [0.5, 0.6) is 5.75 Å². The van der Waals surface area contributed by atoms with Crippen LogP contribution in [0, 0.1) is 0 Å². The van der Waals surface area contributed by atoms with Gasteiger partial charge in [-0.25, -0.2) is 4.98 Å². The number of carbonyl (C=O) groups is 2. The number of carbonyl (C=O) groups excluding carboxylic acids is 2. The van der Waals surface area contributed by atoms with E-state index in [-0.39, 0.29) is 31.3 Å². The highest BCUT2D eigenvalue weighted by molar-refractivity contribution is 7.09. The molecule has 1 heterocycles. The summed E-state index contributed by atoms with van der Waals surface area (Å²) in [4.78, 5) is 28.6. The number of nitrogens with one attached hydrogen (secondary N) is 1. The van der Waals surface area contributed by atoms with Crippen LogP contribution in [-0.4, -0.2) is 24.0 Å². The third-order valence-corrected chi connectivity index (χ3v) is 5.23. The normalized spacial score (nSPS) is 10.4. The number of methoxy groups -OCH3 is 1. The maximum absolute atomic E-state index is 12.3. The second-order valence-corrected chi connectivity index (χ2v) is 7.44. The Balaban J connectivity index is 1.49. The summed E-state index contributed by atoms with van der Waals surface area (Å²) in [5, 5.41) is 5.74. The summed E-state index contributed by atoms with van der Waals surface area (Å²) in [7, 11) is 1.55. The van der Waals surface area contributed by atoms with E-state index in [9.17, 15) is 9.59 Å². The number of para-hydroxylation sites is 2. The number of nitrogens with zero attached hydrogens (tertiary/aromatic N) is 1. The molecule has 3 aromatic rings. The minimum Gasteiger partial charge on any atom is -0.495 e. The molecule has 1 N–H and O–H groups in total. The Kier molecular flexibility index (Phi) is 7.21. The topological polar surface area (TPSA) is 77.5 Å². The van der Waals surface area contributed by atoms with Gasteiger partial charge in [0.05, 0.1) is 31.3 Å². The molecule has 150 valence electrons. The van der Waals surface area contributed by atoms with Gasteiger partial charge in [-0.2, -0.15) is 0 Å². The number of anilines is 1. The first kappa shape index (κ1) is 20.8. The van der Waals surface area contributed by atoms with E-state index in [0.29, 0.717) is 32.7 Å². The summed E-state index contributed by atoms with van der Waals surface area (Å²) < 4.78 is 10.5. The molecule has 0 aliphatic carbocycles. The number of aromatic nitrogens is 1. The van der Waals surface area contributed by atoms with Crippen molar-refractivity contribution in [3.05, 3.63) is 75.2 Å². The highest BCUT2D eigenvalue weighted by Crippen LogP contribution is 2.23. The molecule has 0 unspecified atom stereocenters. The van der Waals surface area contributed by atoms with Crippen molar-refractivity contribution in [3.8, 4) is 5.75 Å². The molecule has 3 rings (SSSR count). The van der Waals surface area contributed by atoms with Gasteiger partial charge in [0.2, 0.25) is 5.91 Å². The number of halogens is 1. The Morgan fingerprint density at radius 1 is 1.10 bits per heavy atom. The summed E-state index contributed by atoms with van der Waals surface area (Å²) in [6.45, 7) is 0.0495. The van der Waals surface area contributed by atoms with Gasteiger partial charge in [-0.15, -0.1) is 11.3 Å². The van der Waals surface area contributed by atoms with Crippen molar-refractivity contribution in [2.24, 2.45) is 0 Å². The van der Waals surface area contributed by atoms with Crippen molar-refractivity contribution >= 4 is 40.5 Å². The molecule has 8 heteroatoms. The Morgan fingerprint density at radius 2 is 1.86 bits per heavy atom. The largest absolute Gasteiger partial charge is 0.495 e. The van der Waals surface area contributed by atoms with E-state index in [1.54, 1.807) is 42.8 Å². The van der Waals surface area contributed by atoms with Gasteiger partial charge in [-0.1, -0.05) is 41.9 Å². The summed E-state index contributed by atoms with van der Waals surface area (Å²) in [5.74, 6) is -0.00112. The smallest absolute Gasteiger partial charge is 0.310 e. The number of rotatable bonds is 8. The first-order valence-electron chi connectivity index (χ1n) is 8.80. The minimum absolute atomic E-state index is 0.0495. The second-order valence-electron chi connectivity index (χ2n) is 6.09. The average Bonchev–Trinajstić information content (AvgIpc) is 3.16. The van der Waals surface area contributed by atoms with E-state index in [4.69, 9.17) is 21.1 Å². The lowest BCUT2D eigenvalue weighted by Gasteiger charge is -2.08. The number of thiazole rings is 1. The molecule has 0 radical (unpaired) electrons. The summed E-state index contributed by atoms with van der Waals surface area (Å²) >= 11 is 7.39. The predicted molar refractivity (Wildman–Crippen MR) is 112 cm³/mol. The molecular weight excluding hydrogens is 412 g/mol. The Morgan fingerprint density at radius 3 is 2.66 bits per heavy atom. The fourth-order valence-electron chi connectivity index (χ4n) is 2.58. The molecule has 0 atom stereocenters. The van der Waals surface area contributed by atoms with E-state index in [2.05, 4.69) is 10.3 Å².